The van der Waals surface area contributed by atoms with Gasteiger partial charge in [-0.15, -0.1) is 0 Å². The van der Waals surface area contributed by atoms with Crippen molar-refractivity contribution < 1.29 is 19.1 Å². The van der Waals surface area contributed by atoms with Gasteiger partial charge in [-0.2, -0.15) is 0 Å². The second-order valence-corrected chi connectivity index (χ2v) is 8.32. The van der Waals surface area contributed by atoms with Crippen LogP contribution in [0, 0.1) is 0 Å². The first kappa shape index (κ1) is 23.6. The van der Waals surface area contributed by atoms with Crippen molar-refractivity contribution in [2.75, 3.05) is 31.6 Å². The summed E-state index contributed by atoms with van der Waals surface area (Å²) in [4.78, 5) is 31.1. The Kier molecular flexibility index (Phi) is 7.69. The number of piperidine rings is 1. The summed E-state index contributed by atoms with van der Waals surface area (Å²) in [7, 11) is 0. The summed E-state index contributed by atoms with van der Waals surface area (Å²) in [6.45, 7) is 3.72. The maximum atomic E-state index is 12.9. The Balaban J connectivity index is 1.43. The molecule has 178 valence electrons. The Morgan fingerprint density at radius 1 is 1.06 bits per heavy atom. The molecule has 0 unspecified atom stereocenters. The van der Waals surface area contributed by atoms with Crippen molar-refractivity contribution in [1.82, 2.24) is 14.5 Å². The molecule has 1 aliphatic heterocycles. The molecule has 3 aromatic rings. The van der Waals surface area contributed by atoms with Crippen molar-refractivity contribution in [3.63, 3.8) is 0 Å². The summed E-state index contributed by atoms with van der Waals surface area (Å²) in [6, 6.07) is 10.2. The Morgan fingerprint density at radius 2 is 1.88 bits per heavy atom. The Hall–Kier alpha value is -3.52. The molecule has 0 radical (unpaired) electrons. The third-order valence-corrected chi connectivity index (χ3v) is 5.86. The Labute approximate surface area is 203 Å². The zero-order valence-electron chi connectivity index (χ0n) is 19.0. The van der Waals surface area contributed by atoms with E-state index in [2.05, 4.69) is 10.3 Å². The maximum Gasteiger partial charge on any atom is 0.260 e. The molecule has 2 aromatic carbocycles. The number of imidazole rings is 1. The van der Waals surface area contributed by atoms with Crippen LogP contribution >= 0.6 is 11.6 Å². The topological polar surface area (TPSA) is 85.7 Å². The molecule has 0 spiro atoms. The van der Waals surface area contributed by atoms with Gasteiger partial charge in [0.1, 0.15) is 0 Å². The molecular weight excluding hydrogens is 456 g/mol. The van der Waals surface area contributed by atoms with Crippen LogP contribution in [-0.4, -0.2) is 52.6 Å². The first-order chi connectivity index (χ1) is 16.5. The Morgan fingerprint density at radius 3 is 2.59 bits per heavy atom. The lowest BCUT2D eigenvalue weighted by Crippen LogP contribution is -2.38. The molecule has 9 heteroatoms. The van der Waals surface area contributed by atoms with Gasteiger partial charge in [-0.05, 0) is 62.6 Å². The zero-order chi connectivity index (χ0) is 23.9. The van der Waals surface area contributed by atoms with Gasteiger partial charge >= 0.3 is 0 Å². The number of carbonyl (C=O) groups is 2. The van der Waals surface area contributed by atoms with E-state index >= 15 is 0 Å². The van der Waals surface area contributed by atoms with Crippen LogP contribution in [0.2, 0.25) is 5.02 Å². The molecule has 1 saturated heterocycles. The lowest BCUT2D eigenvalue weighted by Gasteiger charge is -2.26. The van der Waals surface area contributed by atoms with E-state index < -0.39 is 0 Å². The van der Waals surface area contributed by atoms with E-state index in [9.17, 15) is 9.59 Å². The lowest BCUT2D eigenvalue weighted by molar-refractivity contribution is -0.134. The van der Waals surface area contributed by atoms with E-state index in [4.69, 9.17) is 21.1 Å². The predicted molar refractivity (Wildman–Crippen MR) is 130 cm³/mol. The molecule has 4 rings (SSSR count). The molecule has 1 aromatic heterocycles. The SMILES string of the molecule is CCOc1cc(C(=O)Nc2ccc(-n3ccnc3)c(Cl)c2)ccc1OCC(=O)N1CCCCC1. The number of halogens is 1. The standard InChI is InChI=1S/C25H27ClN4O4/c1-2-33-23-14-18(6-9-22(23)34-16-24(31)29-11-4-3-5-12-29)25(32)28-19-7-8-21(20(26)15-19)30-13-10-27-17-30/h6-10,13-15,17H,2-5,11-12,16H2,1H3,(H,28,32). The van der Waals surface area contributed by atoms with Crippen LogP contribution in [0.5, 0.6) is 11.5 Å². The zero-order valence-corrected chi connectivity index (χ0v) is 19.8. The van der Waals surface area contributed by atoms with E-state index in [1.165, 1.54) is 0 Å². The van der Waals surface area contributed by atoms with Crippen molar-refractivity contribution in [1.29, 1.82) is 0 Å². The highest BCUT2D eigenvalue weighted by Gasteiger charge is 2.18. The number of nitrogens with one attached hydrogen (secondary N) is 1. The summed E-state index contributed by atoms with van der Waals surface area (Å²) in [5.74, 6) is 0.481. The van der Waals surface area contributed by atoms with Gasteiger partial charge in [-0.3, -0.25) is 9.59 Å². The van der Waals surface area contributed by atoms with Crippen LogP contribution in [0.25, 0.3) is 5.69 Å². The van der Waals surface area contributed by atoms with Gasteiger partial charge < -0.3 is 24.3 Å². The van der Waals surface area contributed by atoms with Gasteiger partial charge in [0.25, 0.3) is 11.8 Å². The minimum absolute atomic E-state index is 0.0417. The van der Waals surface area contributed by atoms with Crippen LogP contribution < -0.4 is 14.8 Å². The number of nitrogens with zero attached hydrogens (tertiary/aromatic N) is 3. The van der Waals surface area contributed by atoms with E-state index in [0.29, 0.717) is 34.4 Å². The number of likely N-dealkylation sites (tertiary alicyclic amines) is 1. The molecule has 34 heavy (non-hydrogen) atoms. The normalized spacial score (nSPS) is 13.4. The minimum atomic E-state index is -0.316. The van der Waals surface area contributed by atoms with E-state index in [-0.39, 0.29) is 18.4 Å². The molecule has 1 aliphatic rings. The van der Waals surface area contributed by atoms with Gasteiger partial charge in [-0.25, -0.2) is 4.98 Å². The minimum Gasteiger partial charge on any atom is -0.490 e. The summed E-state index contributed by atoms with van der Waals surface area (Å²) in [5.41, 5.74) is 1.72. The maximum absolute atomic E-state index is 12.9. The summed E-state index contributed by atoms with van der Waals surface area (Å²) in [6.07, 6.45) is 8.31. The quantitative estimate of drug-likeness (QED) is 0.508. The predicted octanol–water partition coefficient (Wildman–Crippen LogP) is 4.57. The molecular formula is C25H27ClN4O4. The fourth-order valence-electron chi connectivity index (χ4n) is 3.81. The van der Waals surface area contributed by atoms with E-state index in [0.717, 1.165) is 38.0 Å². The average molecular weight is 483 g/mol. The number of carbonyl (C=O) groups excluding carboxylic acids is 2. The number of rotatable bonds is 8. The van der Waals surface area contributed by atoms with E-state index in [1.807, 2.05) is 17.9 Å². The molecule has 0 atom stereocenters. The molecule has 2 amide bonds. The lowest BCUT2D eigenvalue weighted by atomic mass is 10.1. The number of anilines is 1. The van der Waals surface area contributed by atoms with Gasteiger partial charge in [0.05, 0.1) is 23.6 Å². The number of aromatic nitrogens is 2. The number of hydrogen-bond donors (Lipinski definition) is 1. The number of amides is 2. The first-order valence-electron chi connectivity index (χ1n) is 11.3. The van der Waals surface area contributed by atoms with Crippen LogP contribution in [-0.2, 0) is 4.79 Å². The average Bonchev–Trinajstić information content (AvgIpc) is 3.38. The largest absolute Gasteiger partial charge is 0.490 e. The van der Waals surface area contributed by atoms with Crippen molar-refractivity contribution in [2.45, 2.75) is 26.2 Å². The van der Waals surface area contributed by atoms with Crippen molar-refractivity contribution >= 4 is 29.1 Å². The molecule has 1 fully saturated rings. The smallest absolute Gasteiger partial charge is 0.260 e. The molecule has 1 N–H and O–H groups in total. The number of benzene rings is 2. The molecule has 0 bridgehead atoms. The van der Waals surface area contributed by atoms with Gasteiger partial charge in [-0.1, -0.05) is 11.6 Å². The van der Waals surface area contributed by atoms with Crippen LogP contribution in [0.1, 0.15) is 36.5 Å². The molecule has 8 nitrogen and oxygen atoms in total. The third kappa shape index (κ3) is 5.69. The summed E-state index contributed by atoms with van der Waals surface area (Å²) >= 11 is 6.39. The Bertz CT molecular complexity index is 1140. The number of ether oxygens (including phenoxy) is 2. The second-order valence-electron chi connectivity index (χ2n) is 7.91. The van der Waals surface area contributed by atoms with Crippen LogP contribution in [0.15, 0.2) is 55.1 Å². The van der Waals surface area contributed by atoms with Crippen molar-refractivity contribution in [2.24, 2.45) is 0 Å². The molecule has 2 heterocycles. The summed E-state index contributed by atoms with van der Waals surface area (Å²) in [5, 5.41) is 3.33. The van der Waals surface area contributed by atoms with E-state index in [1.54, 1.807) is 53.6 Å². The van der Waals surface area contributed by atoms with Gasteiger partial charge in [0, 0.05) is 36.7 Å². The summed E-state index contributed by atoms with van der Waals surface area (Å²) < 4.78 is 13.2. The molecule has 0 aliphatic carbocycles. The monoisotopic (exact) mass is 482 g/mol. The first-order valence-corrected chi connectivity index (χ1v) is 11.7. The fraction of sp³-hybridized carbons (Fsp3) is 0.320. The highest BCUT2D eigenvalue weighted by atomic mass is 35.5. The third-order valence-electron chi connectivity index (χ3n) is 5.55. The van der Waals surface area contributed by atoms with Gasteiger partial charge in [0.15, 0.2) is 18.1 Å². The molecule has 0 saturated carbocycles. The second kappa shape index (κ2) is 11.1. The van der Waals surface area contributed by atoms with Crippen LogP contribution in [0.3, 0.4) is 0 Å². The van der Waals surface area contributed by atoms with Gasteiger partial charge in [0.2, 0.25) is 0 Å². The number of hydrogen-bond acceptors (Lipinski definition) is 5. The van der Waals surface area contributed by atoms with Crippen molar-refractivity contribution in [3.8, 4) is 17.2 Å². The van der Waals surface area contributed by atoms with Crippen molar-refractivity contribution in [3.05, 3.63) is 65.7 Å². The highest BCUT2D eigenvalue weighted by molar-refractivity contribution is 6.32. The fourth-order valence-corrected chi connectivity index (χ4v) is 4.09. The van der Waals surface area contributed by atoms with Crippen LogP contribution in [0.4, 0.5) is 5.69 Å². The highest BCUT2D eigenvalue weighted by Crippen LogP contribution is 2.30.